The molecule has 0 spiro atoms. The third kappa shape index (κ3) is 4.26. The summed E-state index contributed by atoms with van der Waals surface area (Å²) in [4.78, 5) is 24.0. The van der Waals surface area contributed by atoms with Gasteiger partial charge in [-0.05, 0) is 6.42 Å². The van der Waals surface area contributed by atoms with Crippen molar-refractivity contribution >= 4 is 11.9 Å². The lowest BCUT2D eigenvalue weighted by atomic mass is 10.3. The van der Waals surface area contributed by atoms with Gasteiger partial charge >= 0.3 is 6.03 Å². The van der Waals surface area contributed by atoms with E-state index in [-0.39, 0.29) is 18.4 Å². The van der Waals surface area contributed by atoms with E-state index in [2.05, 4.69) is 10.6 Å². The van der Waals surface area contributed by atoms with Crippen LogP contribution in [0.4, 0.5) is 4.79 Å². The molecule has 1 aliphatic rings. The average Bonchev–Trinajstić information content (AvgIpc) is 2.61. The molecule has 0 radical (unpaired) electrons. The fourth-order valence-electron chi connectivity index (χ4n) is 1.53. The van der Waals surface area contributed by atoms with Crippen molar-refractivity contribution in [1.29, 1.82) is 0 Å². The number of aliphatic hydroxyl groups is 1. The van der Waals surface area contributed by atoms with Crippen molar-refractivity contribution in [3.63, 3.8) is 0 Å². The molecule has 1 rings (SSSR count). The first-order valence-electron chi connectivity index (χ1n) is 5.04. The van der Waals surface area contributed by atoms with Crippen LogP contribution in [-0.4, -0.2) is 54.7 Å². The summed E-state index contributed by atoms with van der Waals surface area (Å²) in [5, 5.41) is 13.7. The molecule has 1 atom stereocenters. The topological polar surface area (TPSA) is 81.7 Å². The normalized spacial score (nSPS) is 21.3. The first-order chi connectivity index (χ1) is 7.11. The maximum Gasteiger partial charge on any atom is 0.321 e. The molecule has 1 aliphatic heterocycles. The molecule has 0 bridgehead atoms. The third-order valence-corrected chi connectivity index (χ3v) is 2.38. The number of carbonyl (C=O) groups excluding carboxylic acids is 2. The molecular formula is C9H17N3O3. The standard InChI is InChI=1S/C9H17N3O3/c1-10-9(15)11-8(14)3-5-12-4-2-7(13)6-12/h7,13H,2-6H2,1H3,(H2,10,11,14,15)/t7-/m0/s1. The number of carbonyl (C=O) groups is 2. The van der Waals surface area contributed by atoms with Crippen molar-refractivity contribution < 1.29 is 14.7 Å². The monoisotopic (exact) mass is 215 g/mol. The quantitative estimate of drug-likeness (QED) is 0.558. The van der Waals surface area contributed by atoms with E-state index in [1.807, 2.05) is 4.90 Å². The van der Waals surface area contributed by atoms with E-state index < -0.39 is 6.03 Å². The average molecular weight is 215 g/mol. The maximum absolute atomic E-state index is 11.2. The maximum atomic E-state index is 11.2. The van der Waals surface area contributed by atoms with E-state index in [0.29, 0.717) is 13.1 Å². The van der Waals surface area contributed by atoms with Crippen molar-refractivity contribution in [2.24, 2.45) is 0 Å². The van der Waals surface area contributed by atoms with Crippen LogP contribution in [0.5, 0.6) is 0 Å². The summed E-state index contributed by atoms with van der Waals surface area (Å²) >= 11 is 0. The molecule has 6 heteroatoms. The summed E-state index contributed by atoms with van der Waals surface area (Å²) in [5.74, 6) is -0.296. The highest BCUT2D eigenvalue weighted by Crippen LogP contribution is 2.08. The number of nitrogens with zero attached hydrogens (tertiary/aromatic N) is 1. The predicted molar refractivity (Wildman–Crippen MR) is 54.3 cm³/mol. The first kappa shape index (κ1) is 11.9. The van der Waals surface area contributed by atoms with E-state index in [1.165, 1.54) is 7.05 Å². The van der Waals surface area contributed by atoms with Crippen LogP contribution in [0.1, 0.15) is 12.8 Å². The molecule has 6 nitrogen and oxygen atoms in total. The summed E-state index contributed by atoms with van der Waals surface area (Å²) in [6, 6.07) is -0.485. The molecule has 0 aromatic heterocycles. The molecule has 1 saturated heterocycles. The Morgan fingerprint density at radius 3 is 2.80 bits per heavy atom. The lowest BCUT2D eigenvalue weighted by Crippen LogP contribution is -2.39. The minimum atomic E-state index is -0.485. The number of aliphatic hydroxyl groups excluding tert-OH is 1. The molecule has 0 unspecified atom stereocenters. The van der Waals surface area contributed by atoms with Gasteiger partial charge in [0, 0.05) is 33.1 Å². The molecule has 3 amide bonds. The van der Waals surface area contributed by atoms with E-state index in [4.69, 9.17) is 0 Å². The van der Waals surface area contributed by atoms with Crippen molar-refractivity contribution in [3.8, 4) is 0 Å². The van der Waals surface area contributed by atoms with Gasteiger partial charge in [-0.1, -0.05) is 0 Å². The summed E-state index contributed by atoms with van der Waals surface area (Å²) in [5.41, 5.74) is 0. The van der Waals surface area contributed by atoms with Gasteiger partial charge in [-0.15, -0.1) is 0 Å². The highest BCUT2D eigenvalue weighted by molar-refractivity contribution is 5.94. The van der Waals surface area contributed by atoms with Gasteiger partial charge in [0.05, 0.1) is 6.10 Å². The van der Waals surface area contributed by atoms with E-state index in [0.717, 1.165) is 13.0 Å². The summed E-state index contributed by atoms with van der Waals surface area (Å²) in [6.45, 7) is 2.02. The molecule has 0 aliphatic carbocycles. The van der Waals surface area contributed by atoms with E-state index in [1.54, 1.807) is 0 Å². The predicted octanol–water partition coefficient (Wildman–Crippen LogP) is -1.10. The number of hydrogen-bond acceptors (Lipinski definition) is 4. The molecule has 15 heavy (non-hydrogen) atoms. The van der Waals surface area contributed by atoms with Gasteiger partial charge in [0.1, 0.15) is 0 Å². The molecule has 0 aromatic rings. The third-order valence-electron chi connectivity index (χ3n) is 2.38. The van der Waals surface area contributed by atoms with Gasteiger partial charge < -0.3 is 15.3 Å². The number of amides is 3. The Morgan fingerprint density at radius 1 is 1.53 bits per heavy atom. The largest absolute Gasteiger partial charge is 0.392 e. The fraction of sp³-hybridized carbons (Fsp3) is 0.778. The Labute approximate surface area is 88.6 Å². The van der Waals surface area contributed by atoms with Crippen LogP contribution in [0.2, 0.25) is 0 Å². The molecule has 3 N–H and O–H groups in total. The minimum Gasteiger partial charge on any atom is -0.392 e. The lowest BCUT2D eigenvalue weighted by molar-refractivity contribution is -0.120. The van der Waals surface area contributed by atoms with Gasteiger partial charge in [-0.25, -0.2) is 4.79 Å². The van der Waals surface area contributed by atoms with Crippen LogP contribution in [0, 0.1) is 0 Å². The van der Waals surface area contributed by atoms with Gasteiger partial charge in [0.2, 0.25) is 5.91 Å². The Bertz CT molecular complexity index is 245. The van der Waals surface area contributed by atoms with Crippen LogP contribution in [0.15, 0.2) is 0 Å². The number of nitrogens with one attached hydrogen (secondary N) is 2. The summed E-state index contributed by atoms with van der Waals surface area (Å²) in [7, 11) is 1.46. The fourth-order valence-corrected chi connectivity index (χ4v) is 1.53. The number of urea groups is 1. The van der Waals surface area contributed by atoms with Crippen molar-refractivity contribution in [2.75, 3.05) is 26.7 Å². The zero-order valence-corrected chi connectivity index (χ0v) is 8.82. The number of rotatable bonds is 3. The molecule has 0 aromatic carbocycles. The molecule has 1 heterocycles. The number of likely N-dealkylation sites (tertiary alicyclic amines) is 1. The lowest BCUT2D eigenvalue weighted by Gasteiger charge is -2.13. The number of imide groups is 1. The molecule has 0 saturated carbocycles. The van der Waals surface area contributed by atoms with Crippen LogP contribution in [0.3, 0.4) is 0 Å². The van der Waals surface area contributed by atoms with Gasteiger partial charge in [0.25, 0.3) is 0 Å². The highest BCUT2D eigenvalue weighted by Gasteiger charge is 2.20. The second-order valence-corrected chi connectivity index (χ2v) is 3.62. The van der Waals surface area contributed by atoms with Crippen LogP contribution in [-0.2, 0) is 4.79 Å². The Morgan fingerprint density at radius 2 is 2.27 bits per heavy atom. The summed E-state index contributed by atoms with van der Waals surface area (Å²) < 4.78 is 0. The Balaban J connectivity index is 2.14. The van der Waals surface area contributed by atoms with Gasteiger partial charge in [-0.3, -0.25) is 10.1 Å². The SMILES string of the molecule is CNC(=O)NC(=O)CCN1CC[C@H](O)C1. The van der Waals surface area contributed by atoms with Crippen molar-refractivity contribution in [3.05, 3.63) is 0 Å². The van der Waals surface area contributed by atoms with E-state index >= 15 is 0 Å². The Kier molecular flexibility index (Phi) is 4.51. The van der Waals surface area contributed by atoms with Crippen molar-refractivity contribution in [1.82, 2.24) is 15.5 Å². The number of β-amino-alcohol motifs (C(OH)–C–C–N with tert-alkyl or cyclic N) is 1. The molecular weight excluding hydrogens is 198 g/mol. The van der Waals surface area contributed by atoms with Crippen LogP contribution >= 0.6 is 0 Å². The van der Waals surface area contributed by atoms with Crippen LogP contribution < -0.4 is 10.6 Å². The zero-order valence-electron chi connectivity index (χ0n) is 8.82. The van der Waals surface area contributed by atoms with Crippen LogP contribution in [0.25, 0.3) is 0 Å². The summed E-state index contributed by atoms with van der Waals surface area (Å²) in [6.07, 6.45) is 0.768. The number of hydrogen-bond donors (Lipinski definition) is 3. The first-order valence-corrected chi connectivity index (χ1v) is 5.04. The minimum absolute atomic E-state index is 0.271. The van der Waals surface area contributed by atoms with E-state index in [9.17, 15) is 14.7 Å². The second-order valence-electron chi connectivity index (χ2n) is 3.62. The van der Waals surface area contributed by atoms with Gasteiger partial charge in [0.15, 0.2) is 0 Å². The molecule has 86 valence electrons. The molecule has 1 fully saturated rings. The highest BCUT2D eigenvalue weighted by atomic mass is 16.3. The zero-order chi connectivity index (χ0) is 11.3. The Hall–Kier alpha value is -1.14. The van der Waals surface area contributed by atoms with Crippen molar-refractivity contribution in [2.45, 2.75) is 18.9 Å². The second kappa shape index (κ2) is 5.67. The smallest absolute Gasteiger partial charge is 0.321 e. The van der Waals surface area contributed by atoms with Gasteiger partial charge in [-0.2, -0.15) is 0 Å².